The second kappa shape index (κ2) is 5.05. The minimum Gasteiger partial charge on any atom is -0.287 e. The molecule has 0 fully saturated rings. The summed E-state index contributed by atoms with van der Waals surface area (Å²) in [6.45, 7) is 1.80. The molecule has 1 N–H and O–H groups in total. The van der Waals surface area contributed by atoms with Gasteiger partial charge >= 0.3 is 6.18 Å². The Morgan fingerprint density at radius 2 is 2.19 bits per heavy atom. The molecule has 0 aliphatic rings. The van der Waals surface area contributed by atoms with E-state index in [2.05, 4.69) is 4.98 Å². The zero-order valence-corrected chi connectivity index (χ0v) is 9.80. The van der Waals surface area contributed by atoms with Crippen LogP contribution < -0.4 is 0 Å². The highest BCUT2D eigenvalue weighted by molar-refractivity contribution is 7.99. The molecule has 7 heteroatoms. The van der Waals surface area contributed by atoms with Gasteiger partial charge in [0.15, 0.2) is 0 Å². The van der Waals surface area contributed by atoms with E-state index in [-0.39, 0.29) is 15.8 Å². The number of hydrogen-bond donors (Lipinski definition) is 1. The predicted octanol–water partition coefficient (Wildman–Crippen LogP) is 3.78. The van der Waals surface area contributed by atoms with Gasteiger partial charge in [0, 0.05) is 11.1 Å². The third-order valence-corrected chi connectivity index (χ3v) is 2.78. The zero-order valence-electron chi connectivity index (χ0n) is 8.23. The van der Waals surface area contributed by atoms with Gasteiger partial charge in [-0.1, -0.05) is 18.5 Å². The van der Waals surface area contributed by atoms with Crippen LogP contribution in [0, 0.1) is 5.41 Å². The van der Waals surface area contributed by atoms with Crippen LogP contribution in [-0.4, -0.2) is 15.9 Å². The maximum absolute atomic E-state index is 12.4. The molecule has 0 saturated carbocycles. The molecule has 0 aliphatic carbocycles. The summed E-state index contributed by atoms with van der Waals surface area (Å²) in [5.41, 5.74) is -0.744. The van der Waals surface area contributed by atoms with Gasteiger partial charge in [-0.25, -0.2) is 0 Å². The highest BCUT2D eigenvalue weighted by Crippen LogP contribution is 2.32. The van der Waals surface area contributed by atoms with Crippen LogP contribution in [-0.2, 0) is 6.18 Å². The Morgan fingerprint density at radius 1 is 1.56 bits per heavy atom. The Hall–Kier alpha value is -0.750. The lowest BCUT2D eigenvalue weighted by Crippen LogP contribution is -2.08. The summed E-state index contributed by atoms with van der Waals surface area (Å²) in [6.07, 6.45) is -3.74. The van der Waals surface area contributed by atoms with Crippen molar-refractivity contribution >= 4 is 28.5 Å². The fourth-order valence-corrected chi connectivity index (χ4v) is 2.05. The van der Waals surface area contributed by atoms with Gasteiger partial charge in [-0.05, 0) is 11.8 Å². The molecular formula is C9H8ClF3N2S. The number of halogens is 4. The maximum atomic E-state index is 12.4. The van der Waals surface area contributed by atoms with Crippen molar-refractivity contribution in [3.05, 3.63) is 23.5 Å². The van der Waals surface area contributed by atoms with Crippen molar-refractivity contribution in [1.82, 2.24) is 4.98 Å². The first-order chi connectivity index (χ1) is 7.36. The number of alkyl halides is 3. The smallest absolute Gasteiger partial charge is 0.287 e. The molecule has 0 aliphatic heterocycles. The molecule has 0 bridgehead atoms. The van der Waals surface area contributed by atoms with Crippen LogP contribution in [0.15, 0.2) is 17.2 Å². The standard InChI is InChI=1S/C9H8ClF3N2S/c1-2-16-6-3-5(9(11,12)13)4-15-7(6)8(10)14/h3-4,14H,2H2,1H3. The van der Waals surface area contributed by atoms with Crippen LogP contribution in [0.4, 0.5) is 13.2 Å². The van der Waals surface area contributed by atoms with E-state index in [4.69, 9.17) is 17.0 Å². The summed E-state index contributed by atoms with van der Waals surface area (Å²) < 4.78 is 37.2. The number of thioether (sulfide) groups is 1. The second-order valence-corrected chi connectivity index (χ2v) is 4.50. The summed E-state index contributed by atoms with van der Waals surface area (Å²) in [5.74, 6) is 0.583. The number of rotatable bonds is 3. The fourth-order valence-electron chi connectivity index (χ4n) is 1.03. The van der Waals surface area contributed by atoms with Crippen LogP contribution >= 0.6 is 23.4 Å². The molecule has 1 rings (SSSR count). The van der Waals surface area contributed by atoms with E-state index in [1.54, 1.807) is 6.92 Å². The van der Waals surface area contributed by atoms with Crippen molar-refractivity contribution in [3.8, 4) is 0 Å². The number of hydrogen-bond acceptors (Lipinski definition) is 3. The highest BCUT2D eigenvalue weighted by atomic mass is 35.5. The predicted molar refractivity (Wildman–Crippen MR) is 58.3 cm³/mol. The number of pyridine rings is 1. The molecule has 0 radical (unpaired) electrons. The largest absolute Gasteiger partial charge is 0.417 e. The van der Waals surface area contributed by atoms with Gasteiger partial charge in [0.1, 0.15) is 10.9 Å². The Bertz CT molecular complexity index is 406. The van der Waals surface area contributed by atoms with Crippen molar-refractivity contribution < 1.29 is 13.2 Å². The van der Waals surface area contributed by atoms with Crippen LogP contribution in [0.1, 0.15) is 18.2 Å². The maximum Gasteiger partial charge on any atom is 0.417 e. The molecule has 1 aromatic rings. The van der Waals surface area contributed by atoms with Crippen molar-refractivity contribution in [2.45, 2.75) is 18.0 Å². The summed E-state index contributed by atoms with van der Waals surface area (Å²) in [5, 5.41) is 6.83. The average Bonchev–Trinajstić information content (AvgIpc) is 2.16. The first-order valence-corrected chi connectivity index (χ1v) is 5.67. The molecule has 1 aromatic heterocycles. The first-order valence-electron chi connectivity index (χ1n) is 4.30. The molecule has 0 atom stereocenters. The fraction of sp³-hybridized carbons (Fsp3) is 0.333. The molecule has 0 amide bonds. The Morgan fingerprint density at radius 3 is 2.62 bits per heavy atom. The third-order valence-electron chi connectivity index (χ3n) is 1.69. The molecule has 0 saturated heterocycles. The highest BCUT2D eigenvalue weighted by Gasteiger charge is 2.31. The van der Waals surface area contributed by atoms with Gasteiger partial charge in [0.05, 0.1) is 5.56 Å². The lowest BCUT2D eigenvalue weighted by Gasteiger charge is -2.10. The summed E-state index contributed by atoms with van der Waals surface area (Å²) in [4.78, 5) is 3.84. The number of aromatic nitrogens is 1. The molecule has 2 nitrogen and oxygen atoms in total. The van der Waals surface area contributed by atoms with Crippen LogP contribution in [0.3, 0.4) is 0 Å². The molecule has 0 aromatic carbocycles. The van der Waals surface area contributed by atoms with Crippen molar-refractivity contribution in [2.75, 3.05) is 5.75 Å². The van der Waals surface area contributed by atoms with Crippen molar-refractivity contribution in [1.29, 1.82) is 5.41 Å². The number of nitrogens with one attached hydrogen (secondary N) is 1. The molecule has 16 heavy (non-hydrogen) atoms. The summed E-state index contributed by atoms with van der Waals surface area (Å²) in [6, 6.07) is 0.966. The summed E-state index contributed by atoms with van der Waals surface area (Å²) >= 11 is 6.61. The molecule has 0 unspecified atom stereocenters. The van der Waals surface area contributed by atoms with Crippen molar-refractivity contribution in [3.63, 3.8) is 0 Å². The van der Waals surface area contributed by atoms with Gasteiger partial charge in [-0.15, -0.1) is 11.8 Å². The van der Waals surface area contributed by atoms with Crippen LogP contribution in [0.2, 0.25) is 0 Å². The second-order valence-electron chi connectivity index (χ2n) is 2.82. The summed E-state index contributed by atoms with van der Waals surface area (Å²) in [7, 11) is 0. The van der Waals surface area contributed by atoms with Crippen LogP contribution in [0.25, 0.3) is 0 Å². The van der Waals surface area contributed by atoms with Gasteiger partial charge < -0.3 is 0 Å². The lowest BCUT2D eigenvalue weighted by atomic mass is 10.2. The van der Waals surface area contributed by atoms with Gasteiger partial charge in [0.25, 0.3) is 0 Å². The molecular weight excluding hydrogens is 261 g/mol. The number of nitrogens with zero attached hydrogens (tertiary/aromatic N) is 1. The lowest BCUT2D eigenvalue weighted by molar-refractivity contribution is -0.138. The minimum absolute atomic E-state index is 0.0847. The average molecular weight is 269 g/mol. The first kappa shape index (κ1) is 13.3. The topological polar surface area (TPSA) is 36.7 Å². The third kappa shape index (κ3) is 3.12. The molecule has 0 spiro atoms. The van der Waals surface area contributed by atoms with Gasteiger partial charge in [-0.2, -0.15) is 13.2 Å². The zero-order chi connectivity index (χ0) is 12.3. The van der Waals surface area contributed by atoms with Gasteiger partial charge in [-0.3, -0.25) is 10.4 Å². The Balaban J connectivity index is 3.22. The Kier molecular flexibility index (Phi) is 4.21. The normalized spacial score (nSPS) is 11.6. The van der Waals surface area contributed by atoms with E-state index < -0.39 is 11.7 Å². The van der Waals surface area contributed by atoms with E-state index in [1.807, 2.05) is 0 Å². The quantitative estimate of drug-likeness (QED) is 0.669. The van der Waals surface area contributed by atoms with Crippen molar-refractivity contribution in [2.24, 2.45) is 0 Å². The van der Waals surface area contributed by atoms with E-state index in [1.165, 1.54) is 11.8 Å². The monoisotopic (exact) mass is 268 g/mol. The van der Waals surface area contributed by atoms with E-state index in [0.29, 0.717) is 11.9 Å². The molecule has 88 valence electrons. The van der Waals surface area contributed by atoms with Crippen LogP contribution in [0.5, 0.6) is 0 Å². The Labute approximate surface area is 99.7 Å². The minimum atomic E-state index is -4.43. The molecule has 1 heterocycles. The SMILES string of the molecule is CCSc1cc(C(F)(F)F)cnc1C(=N)Cl. The van der Waals surface area contributed by atoms with Gasteiger partial charge in [0.2, 0.25) is 0 Å². The van der Waals surface area contributed by atoms with E-state index in [0.717, 1.165) is 6.07 Å². The van der Waals surface area contributed by atoms with E-state index in [9.17, 15) is 13.2 Å². The van der Waals surface area contributed by atoms with E-state index >= 15 is 0 Å².